The SMILES string of the molecule is CC(C)(CNC(=O)c1cnc(N)cn1)C(N)=O. The van der Waals surface area contributed by atoms with Crippen molar-refractivity contribution in [3.63, 3.8) is 0 Å². The van der Waals surface area contributed by atoms with Crippen LogP contribution < -0.4 is 16.8 Å². The molecule has 0 saturated carbocycles. The number of amides is 2. The summed E-state index contributed by atoms with van der Waals surface area (Å²) in [6.45, 7) is 3.42. The van der Waals surface area contributed by atoms with E-state index in [-0.39, 0.29) is 18.1 Å². The van der Waals surface area contributed by atoms with Crippen molar-refractivity contribution in [3.8, 4) is 0 Å². The average Bonchev–Trinajstić information content (AvgIpc) is 2.27. The standard InChI is InChI=1S/C10H15N5O2/c1-10(2,9(12)17)5-15-8(16)6-3-14-7(11)4-13-6/h3-4H,5H2,1-2H3,(H2,11,14)(H2,12,17)(H,15,16). The van der Waals surface area contributed by atoms with Crippen LogP contribution in [0, 0.1) is 5.41 Å². The molecule has 0 atom stereocenters. The third kappa shape index (κ3) is 3.40. The van der Waals surface area contributed by atoms with Crippen LogP contribution in [0.2, 0.25) is 0 Å². The monoisotopic (exact) mass is 237 g/mol. The molecule has 1 heterocycles. The van der Waals surface area contributed by atoms with Crippen molar-refractivity contribution >= 4 is 17.6 Å². The maximum absolute atomic E-state index is 11.6. The summed E-state index contributed by atoms with van der Waals surface area (Å²) in [5.41, 5.74) is 9.85. The molecule has 5 N–H and O–H groups in total. The predicted molar refractivity (Wildman–Crippen MR) is 61.8 cm³/mol. The first kappa shape index (κ1) is 12.9. The minimum absolute atomic E-state index is 0.132. The number of hydrogen-bond acceptors (Lipinski definition) is 5. The highest BCUT2D eigenvalue weighted by atomic mass is 16.2. The summed E-state index contributed by atoms with van der Waals surface area (Å²) >= 11 is 0. The van der Waals surface area contributed by atoms with E-state index in [1.165, 1.54) is 12.4 Å². The highest BCUT2D eigenvalue weighted by molar-refractivity contribution is 5.92. The van der Waals surface area contributed by atoms with Crippen LogP contribution in [0.25, 0.3) is 0 Å². The number of primary amides is 1. The zero-order valence-corrected chi connectivity index (χ0v) is 9.73. The maximum atomic E-state index is 11.6. The summed E-state index contributed by atoms with van der Waals surface area (Å²) < 4.78 is 0. The van der Waals surface area contributed by atoms with Gasteiger partial charge in [0, 0.05) is 6.54 Å². The van der Waals surface area contributed by atoms with Crippen molar-refractivity contribution in [2.24, 2.45) is 11.1 Å². The van der Waals surface area contributed by atoms with Gasteiger partial charge in [-0.25, -0.2) is 9.97 Å². The molecule has 0 spiro atoms. The van der Waals surface area contributed by atoms with Gasteiger partial charge in [0.25, 0.3) is 5.91 Å². The second-order valence-electron chi connectivity index (χ2n) is 4.26. The maximum Gasteiger partial charge on any atom is 0.271 e. The molecule has 7 heteroatoms. The molecule has 7 nitrogen and oxygen atoms in total. The Balaban J connectivity index is 2.62. The normalized spacial score (nSPS) is 10.9. The summed E-state index contributed by atoms with van der Waals surface area (Å²) in [7, 11) is 0. The quantitative estimate of drug-likeness (QED) is 0.638. The van der Waals surface area contributed by atoms with Crippen molar-refractivity contribution in [2.45, 2.75) is 13.8 Å². The summed E-state index contributed by atoms with van der Waals surface area (Å²) in [6, 6.07) is 0. The van der Waals surface area contributed by atoms with E-state index < -0.39 is 17.2 Å². The lowest BCUT2D eigenvalue weighted by Crippen LogP contribution is -2.42. The van der Waals surface area contributed by atoms with E-state index in [0.717, 1.165) is 0 Å². The van der Waals surface area contributed by atoms with Crippen LogP contribution in [0.3, 0.4) is 0 Å². The van der Waals surface area contributed by atoms with Crippen LogP contribution in [-0.2, 0) is 4.79 Å². The first-order chi connectivity index (χ1) is 7.83. The Morgan fingerprint density at radius 3 is 2.47 bits per heavy atom. The Hall–Kier alpha value is -2.18. The molecule has 92 valence electrons. The topological polar surface area (TPSA) is 124 Å². The van der Waals surface area contributed by atoms with Gasteiger partial charge in [0.05, 0.1) is 17.8 Å². The zero-order chi connectivity index (χ0) is 13.1. The molecule has 2 amide bonds. The molecule has 1 aromatic heterocycles. The third-order valence-corrected chi connectivity index (χ3v) is 2.26. The number of nitrogen functional groups attached to an aromatic ring is 1. The van der Waals surface area contributed by atoms with Gasteiger partial charge in [0.15, 0.2) is 0 Å². The van der Waals surface area contributed by atoms with E-state index in [1.54, 1.807) is 13.8 Å². The largest absolute Gasteiger partial charge is 0.382 e. The second kappa shape index (κ2) is 4.77. The first-order valence-electron chi connectivity index (χ1n) is 4.98. The third-order valence-electron chi connectivity index (χ3n) is 2.26. The fourth-order valence-corrected chi connectivity index (χ4v) is 0.934. The van der Waals surface area contributed by atoms with Crippen LogP contribution in [0.4, 0.5) is 5.82 Å². The van der Waals surface area contributed by atoms with Crippen LogP contribution >= 0.6 is 0 Å². The molecule has 0 radical (unpaired) electrons. The number of carbonyl (C=O) groups excluding carboxylic acids is 2. The fourth-order valence-electron chi connectivity index (χ4n) is 0.934. The summed E-state index contributed by atoms with van der Waals surface area (Å²) in [6.07, 6.45) is 2.55. The van der Waals surface area contributed by atoms with Gasteiger partial charge in [0.1, 0.15) is 11.5 Å². The lowest BCUT2D eigenvalue weighted by Gasteiger charge is -2.20. The van der Waals surface area contributed by atoms with Crippen molar-refractivity contribution in [3.05, 3.63) is 18.1 Å². The second-order valence-corrected chi connectivity index (χ2v) is 4.26. The van der Waals surface area contributed by atoms with E-state index >= 15 is 0 Å². The van der Waals surface area contributed by atoms with Gasteiger partial charge in [-0.1, -0.05) is 0 Å². The van der Waals surface area contributed by atoms with Crippen LogP contribution in [-0.4, -0.2) is 28.3 Å². The van der Waals surface area contributed by atoms with Gasteiger partial charge < -0.3 is 16.8 Å². The number of nitrogens with two attached hydrogens (primary N) is 2. The molecular formula is C10H15N5O2. The van der Waals surface area contributed by atoms with Gasteiger partial charge in [-0.05, 0) is 13.8 Å². The minimum Gasteiger partial charge on any atom is -0.382 e. The first-order valence-corrected chi connectivity index (χ1v) is 4.98. The minimum atomic E-state index is -0.809. The highest BCUT2D eigenvalue weighted by Crippen LogP contribution is 2.12. The summed E-state index contributed by atoms with van der Waals surface area (Å²) in [5.74, 6) is -0.674. The number of nitrogens with zero attached hydrogens (tertiary/aromatic N) is 2. The molecule has 0 fully saturated rings. The van der Waals surface area contributed by atoms with E-state index in [0.29, 0.717) is 0 Å². The Labute approximate surface area is 98.6 Å². The molecule has 1 rings (SSSR count). The molecule has 17 heavy (non-hydrogen) atoms. The number of hydrogen-bond donors (Lipinski definition) is 3. The van der Waals surface area contributed by atoms with Crippen LogP contribution in [0.5, 0.6) is 0 Å². The Morgan fingerprint density at radius 2 is 2.00 bits per heavy atom. The van der Waals surface area contributed by atoms with E-state index in [9.17, 15) is 9.59 Å². The van der Waals surface area contributed by atoms with Crippen LogP contribution in [0.15, 0.2) is 12.4 Å². The lowest BCUT2D eigenvalue weighted by molar-refractivity contribution is -0.125. The number of rotatable bonds is 4. The molecule has 0 unspecified atom stereocenters. The molecule has 0 saturated heterocycles. The molecule has 0 aliphatic rings. The van der Waals surface area contributed by atoms with Crippen molar-refractivity contribution in [2.75, 3.05) is 12.3 Å². The van der Waals surface area contributed by atoms with Crippen molar-refractivity contribution in [1.82, 2.24) is 15.3 Å². The average molecular weight is 237 g/mol. The van der Waals surface area contributed by atoms with E-state index in [4.69, 9.17) is 11.5 Å². The van der Waals surface area contributed by atoms with Gasteiger partial charge in [-0.2, -0.15) is 0 Å². The Bertz CT molecular complexity index is 427. The molecule has 0 aromatic carbocycles. The van der Waals surface area contributed by atoms with Gasteiger partial charge in [0.2, 0.25) is 5.91 Å². The molecular weight excluding hydrogens is 222 g/mol. The molecule has 0 aliphatic heterocycles. The highest BCUT2D eigenvalue weighted by Gasteiger charge is 2.25. The van der Waals surface area contributed by atoms with Crippen molar-refractivity contribution < 1.29 is 9.59 Å². The van der Waals surface area contributed by atoms with Gasteiger partial charge in [-0.15, -0.1) is 0 Å². The zero-order valence-electron chi connectivity index (χ0n) is 9.73. The molecule has 0 aliphatic carbocycles. The van der Waals surface area contributed by atoms with E-state index in [1.807, 2.05) is 0 Å². The fraction of sp³-hybridized carbons (Fsp3) is 0.400. The summed E-state index contributed by atoms with van der Waals surface area (Å²) in [4.78, 5) is 30.2. The number of aromatic nitrogens is 2. The van der Waals surface area contributed by atoms with Crippen molar-refractivity contribution in [1.29, 1.82) is 0 Å². The Morgan fingerprint density at radius 1 is 1.35 bits per heavy atom. The molecule has 0 bridgehead atoms. The van der Waals surface area contributed by atoms with Gasteiger partial charge in [-0.3, -0.25) is 9.59 Å². The van der Waals surface area contributed by atoms with E-state index in [2.05, 4.69) is 15.3 Å². The smallest absolute Gasteiger partial charge is 0.271 e. The number of carbonyl (C=O) groups is 2. The summed E-state index contributed by atoms with van der Waals surface area (Å²) in [5, 5.41) is 2.56. The number of anilines is 1. The number of nitrogens with one attached hydrogen (secondary N) is 1. The lowest BCUT2D eigenvalue weighted by atomic mass is 9.93. The predicted octanol–water partition coefficient (Wildman–Crippen LogP) is -0.700. The van der Waals surface area contributed by atoms with Gasteiger partial charge >= 0.3 is 0 Å². The molecule has 1 aromatic rings. The Kier molecular flexibility index (Phi) is 3.62. The van der Waals surface area contributed by atoms with Crippen LogP contribution in [0.1, 0.15) is 24.3 Å².